The molecule has 0 radical (unpaired) electrons. The first kappa shape index (κ1) is 15.1. The number of nitrogens with zero attached hydrogens (tertiary/aromatic N) is 4. The highest BCUT2D eigenvalue weighted by Gasteiger charge is 2.32. The molecule has 0 unspecified atom stereocenters. The van der Waals surface area contributed by atoms with Gasteiger partial charge in [-0.05, 0) is 12.8 Å². The normalized spacial score (nSPS) is 17.4. The number of hydrogen-bond donors (Lipinski definition) is 0. The Morgan fingerprint density at radius 1 is 1.25 bits per heavy atom. The highest BCUT2D eigenvalue weighted by molar-refractivity contribution is 7.16. The van der Waals surface area contributed by atoms with Crippen LogP contribution < -0.4 is 0 Å². The Morgan fingerprint density at radius 2 is 2.08 bits per heavy atom. The van der Waals surface area contributed by atoms with Crippen molar-refractivity contribution in [1.82, 2.24) is 19.7 Å². The highest BCUT2D eigenvalue weighted by atomic mass is 32.1. The summed E-state index contributed by atoms with van der Waals surface area (Å²) in [5.41, 5.74) is 2.16. The highest BCUT2D eigenvalue weighted by Crippen LogP contribution is 2.34. The standard InChI is InChI=1S/C18H18N4OS/c1-21-12-14(10-20-21)15-8-5-9-22(15)18(23)16-11-19-17(24-16)13-6-3-2-4-7-13/h2-4,6-7,10-12,15H,5,8-9H2,1H3/t15-/m1/s1. The zero-order chi connectivity index (χ0) is 16.5. The summed E-state index contributed by atoms with van der Waals surface area (Å²) in [6, 6.07) is 10.1. The van der Waals surface area contributed by atoms with Crippen molar-refractivity contribution in [2.45, 2.75) is 18.9 Å². The minimum atomic E-state index is 0.0704. The van der Waals surface area contributed by atoms with E-state index in [1.165, 1.54) is 11.3 Å². The van der Waals surface area contributed by atoms with Gasteiger partial charge in [0, 0.05) is 30.9 Å². The molecule has 1 aliphatic heterocycles. The molecule has 2 aromatic heterocycles. The lowest BCUT2D eigenvalue weighted by molar-refractivity contribution is 0.0740. The summed E-state index contributed by atoms with van der Waals surface area (Å²) >= 11 is 1.46. The molecule has 6 heteroatoms. The van der Waals surface area contributed by atoms with Gasteiger partial charge in [-0.25, -0.2) is 4.98 Å². The van der Waals surface area contributed by atoms with Crippen molar-refractivity contribution >= 4 is 17.2 Å². The van der Waals surface area contributed by atoms with Gasteiger partial charge in [0.25, 0.3) is 5.91 Å². The van der Waals surface area contributed by atoms with Crippen molar-refractivity contribution in [2.75, 3.05) is 6.54 Å². The Morgan fingerprint density at radius 3 is 2.83 bits per heavy atom. The molecular formula is C18H18N4OS. The Kier molecular flexibility index (Phi) is 3.90. The van der Waals surface area contributed by atoms with Crippen LogP contribution in [0.3, 0.4) is 0 Å². The van der Waals surface area contributed by atoms with Gasteiger partial charge in [0.05, 0.1) is 18.4 Å². The number of hydrogen-bond acceptors (Lipinski definition) is 4. The molecule has 1 saturated heterocycles. The minimum absolute atomic E-state index is 0.0704. The van der Waals surface area contributed by atoms with Gasteiger partial charge < -0.3 is 4.90 Å². The van der Waals surface area contributed by atoms with Crippen molar-refractivity contribution < 1.29 is 4.79 Å². The molecule has 0 bridgehead atoms. The lowest BCUT2D eigenvalue weighted by Gasteiger charge is -2.23. The molecule has 1 amide bonds. The topological polar surface area (TPSA) is 51.0 Å². The number of aromatic nitrogens is 3. The van der Waals surface area contributed by atoms with E-state index in [1.54, 1.807) is 10.9 Å². The Bertz CT molecular complexity index is 855. The third-order valence-corrected chi connectivity index (χ3v) is 5.39. The average molecular weight is 338 g/mol. The summed E-state index contributed by atoms with van der Waals surface area (Å²) in [7, 11) is 1.90. The molecule has 0 saturated carbocycles. The van der Waals surface area contributed by atoms with Crippen LogP contribution in [0.5, 0.6) is 0 Å². The first-order valence-electron chi connectivity index (χ1n) is 8.03. The fourth-order valence-corrected chi connectivity index (χ4v) is 4.07. The molecule has 0 spiro atoms. The van der Waals surface area contributed by atoms with Crippen LogP contribution in [0.25, 0.3) is 10.6 Å². The van der Waals surface area contributed by atoms with Gasteiger partial charge in [0.15, 0.2) is 0 Å². The fourth-order valence-electron chi connectivity index (χ4n) is 3.20. The monoisotopic (exact) mass is 338 g/mol. The Hall–Kier alpha value is -2.47. The van der Waals surface area contributed by atoms with Gasteiger partial charge in [-0.2, -0.15) is 5.10 Å². The van der Waals surface area contributed by atoms with Crippen LogP contribution in [0, 0.1) is 0 Å². The number of rotatable bonds is 3. The van der Waals surface area contributed by atoms with Gasteiger partial charge in [-0.15, -0.1) is 11.3 Å². The maximum Gasteiger partial charge on any atom is 0.266 e. The molecule has 1 aromatic carbocycles. The summed E-state index contributed by atoms with van der Waals surface area (Å²) < 4.78 is 1.79. The largest absolute Gasteiger partial charge is 0.331 e. The second kappa shape index (κ2) is 6.20. The zero-order valence-corrected chi connectivity index (χ0v) is 14.2. The number of likely N-dealkylation sites (tertiary alicyclic amines) is 1. The summed E-state index contributed by atoms with van der Waals surface area (Å²) in [6.07, 6.45) is 7.57. The molecule has 122 valence electrons. The quantitative estimate of drug-likeness (QED) is 0.734. The van der Waals surface area contributed by atoms with Crippen molar-refractivity contribution in [3.63, 3.8) is 0 Å². The predicted molar refractivity (Wildman–Crippen MR) is 93.8 cm³/mol. The SMILES string of the molecule is Cn1cc([C@H]2CCCN2C(=O)c2cnc(-c3ccccc3)s2)cn1. The molecule has 0 N–H and O–H groups in total. The smallest absolute Gasteiger partial charge is 0.266 e. The van der Waals surface area contributed by atoms with Crippen molar-refractivity contribution in [1.29, 1.82) is 0 Å². The molecule has 5 nitrogen and oxygen atoms in total. The van der Waals surface area contributed by atoms with Crippen LogP contribution in [0.4, 0.5) is 0 Å². The van der Waals surface area contributed by atoms with E-state index >= 15 is 0 Å². The first-order chi connectivity index (χ1) is 11.7. The van der Waals surface area contributed by atoms with Crippen LogP contribution in [0.15, 0.2) is 48.9 Å². The third-order valence-electron chi connectivity index (χ3n) is 4.36. The van der Waals surface area contributed by atoms with E-state index in [-0.39, 0.29) is 11.9 Å². The van der Waals surface area contributed by atoms with Crippen LogP contribution in [-0.4, -0.2) is 32.1 Å². The van der Waals surface area contributed by atoms with Crippen molar-refractivity contribution in [2.24, 2.45) is 7.05 Å². The summed E-state index contributed by atoms with van der Waals surface area (Å²) in [6.45, 7) is 0.789. The second-order valence-corrected chi connectivity index (χ2v) is 7.03. The number of benzene rings is 1. The van der Waals surface area contributed by atoms with Crippen molar-refractivity contribution in [3.8, 4) is 10.6 Å². The van der Waals surface area contributed by atoms with E-state index in [0.717, 1.165) is 35.5 Å². The molecule has 0 aliphatic carbocycles. The molecule has 3 aromatic rings. The number of carbonyl (C=O) groups is 1. The Labute approximate surface area is 144 Å². The molecule has 3 heterocycles. The van der Waals surface area contributed by atoms with Gasteiger partial charge in [0.2, 0.25) is 0 Å². The minimum Gasteiger partial charge on any atom is -0.331 e. The summed E-state index contributed by atoms with van der Waals surface area (Å²) in [4.78, 5) is 20.0. The maximum atomic E-state index is 13.0. The number of carbonyl (C=O) groups excluding carboxylic acids is 1. The van der Waals surface area contributed by atoms with Gasteiger partial charge in [-0.1, -0.05) is 30.3 Å². The number of amides is 1. The zero-order valence-electron chi connectivity index (χ0n) is 13.4. The second-order valence-electron chi connectivity index (χ2n) is 6.00. The van der Waals surface area contributed by atoms with E-state index in [9.17, 15) is 4.79 Å². The molecule has 1 fully saturated rings. The lowest BCUT2D eigenvalue weighted by Crippen LogP contribution is -2.29. The average Bonchev–Trinajstić information content (AvgIpc) is 3.35. The van der Waals surface area contributed by atoms with Gasteiger partial charge in [0.1, 0.15) is 9.88 Å². The van der Waals surface area contributed by atoms with Gasteiger partial charge >= 0.3 is 0 Å². The van der Waals surface area contributed by atoms with Gasteiger partial charge in [-0.3, -0.25) is 9.48 Å². The molecule has 1 atom stereocenters. The summed E-state index contributed by atoms with van der Waals surface area (Å²) in [5.74, 6) is 0.0704. The van der Waals surface area contributed by atoms with Crippen LogP contribution >= 0.6 is 11.3 Å². The van der Waals surface area contributed by atoms with E-state index in [4.69, 9.17) is 0 Å². The number of aryl methyl sites for hydroxylation is 1. The van der Waals surface area contributed by atoms with Crippen LogP contribution in [0.2, 0.25) is 0 Å². The lowest BCUT2D eigenvalue weighted by atomic mass is 10.1. The van der Waals surface area contributed by atoms with Crippen LogP contribution in [0.1, 0.15) is 34.1 Å². The maximum absolute atomic E-state index is 13.0. The van der Waals surface area contributed by atoms with Crippen molar-refractivity contribution in [3.05, 3.63) is 59.4 Å². The van der Waals surface area contributed by atoms with Crippen LogP contribution in [-0.2, 0) is 7.05 Å². The molecule has 1 aliphatic rings. The fraction of sp³-hybridized carbons (Fsp3) is 0.278. The molecule has 4 rings (SSSR count). The third kappa shape index (κ3) is 2.73. The number of thiazole rings is 1. The summed E-state index contributed by atoms with van der Waals surface area (Å²) in [5, 5.41) is 5.13. The van der Waals surface area contributed by atoms with E-state index in [0.29, 0.717) is 4.88 Å². The Balaban J connectivity index is 1.58. The predicted octanol–water partition coefficient (Wildman–Crippen LogP) is 3.52. The van der Waals surface area contributed by atoms with E-state index < -0.39 is 0 Å². The van der Waals surface area contributed by atoms with E-state index in [1.807, 2.05) is 54.7 Å². The first-order valence-corrected chi connectivity index (χ1v) is 8.85. The van der Waals surface area contributed by atoms with E-state index in [2.05, 4.69) is 10.1 Å². The molecule has 24 heavy (non-hydrogen) atoms. The molecular weight excluding hydrogens is 320 g/mol.